The molecular weight excluding hydrogens is 312 g/mol. The van der Waals surface area contributed by atoms with Gasteiger partial charge in [0.05, 0.1) is 0 Å². The molecule has 0 N–H and O–H groups in total. The summed E-state index contributed by atoms with van der Waals surface area (Å²) in [6.45, 7) is 0. The molecule has 0 amide bonds. The molecule has 1 heteroatoms. The minimum absolute atomic E-state index is 0.699. The van der Waals surface area contributed by atoms with E-state index < -0.39 is 0 Å². The zero-order valence-corrected chi connectivity index (χ0v) is 14.5. The third kappa shape index (κ3) is 2.99. The quantitative estimate of drug-likeness (QED) is 0.471. The van der Waals surface area contributed by atoms with Crippen LogP contribution in [0.4, 0.5) is 0 Å². The van der Waals surface area contributed by atoms with Crippen molar-refractivity contribution in [1.29, 1.82) is 0 Å². The van der Waals surface area contributed by atoms with Crippen LogP contribution in [-0.2, 0) is 0 Å². The van der Waals surface area contributed by atoms with Gasteiger partial charge in [0.1, 0.15) is 0 Å². The zero-order valence-electron chi connectivity index (χ0n) is 13.7. The van der Waals surface area contributed by atoms with Gasteiger partial charge in [-0.05, 0) is 53.1 Å². The van der Waals surface area contributed by atoms with E-state index in [1.807, 2.05) is 0 Å². The Balaban J connectivity index is 1.83. The first-order chi connectivity index (χ1) is 11.8. The van der Waals surface area contributed by atoms with Crippen LogP contribution in [0.25, 0.3) is 22.3 Å². The molecule has 3 aromatic carbocycles. The fourth-order valence-corrected chi connectivity index (χ4v) is 4.07. The third-order valence-corrected chi connectivity index (χ3v) is 5.45. The van der Waals surface area contributed by atoms with Crippen molar-refractivity contribution in [2.45, 2.75) is 31.6 Å². The van der Waals surface area contributed by atoms with E-state index in [4.69, 9.17) is 11.6 Å². The standard InChI is InChI=1S/C23H21Cl/c24-23-15-14-19(17-8-4-5-9-17)16-22(23)21-13-7-6-12-20(21)18-10-2-1-3-11-18/h1-3,6-7,10-17H,4-5,8-9H2. The molecule has 1 aliphatic carbocycles. The highest BCUT2D eigenvalue weighted by molar-refractivity contribution is 6.33. The monoisotopic (exact) mass is 332 g/mol. The molecule has 0 atom stereocenters. The molecular formula is C23H21Cl. The predicted octanol–water partition coefficient (Wildman–Crippen LogP) is 7.33. The molecule has 0 radical (unpaired) electrons. The van der Waals surface area contributed by atoms with E-state index in [2.05, 4.69) is 72.8 Å². The van der Waals surface area contributed by atoms with Gasteiger partial charge in [-0.1, -0.05) is 85.1 Å². The molecule has 0 aliphatic heterocycles. The Morgan fingerprint density at radius 2 is 1.33 bits per heavy atom. The summed E-state index contributed by atoms with van der Waals surface area (Å²) < 4.78 is 0. The Labute approximate surface area is 149 Å². The van der Waals surface area contributed by atoms with Crippen LogP contribution in [-0.4, -0.2) is 0 Å². The SMILES string of the molecule is Clc1ccc(C2CCCC2)cc1-c1ccccc1-c1ccccc1. The average Bonchev–Trinajstić information content (AvgIpc) is 3.18. The van der Waals surface area contributed by atoms with Crippen LogP contribution in [0.2, 0.25) is 5.02 Å². The van der Waals surface area contributed by atoms with E-state index in [1.165, 1.54) is 47.9 Å². The van der Waals surface area contributed by atoms with Crippen molar-refractivity contribution in [2.75, 3.05) is 0 Å². The number of hydrogen-bond donors (Lipinski definition) is 0. The van der Waals surface area contributed by atoms with Crippen LogP contribution in [0.5, 0.6) is 0 Å². The first-order valence-corrected chi connectivity index (χ1v) is 9.15. The van der Waals surface area contributed by atoms with Crippen LogP contribution >= 0.6 is 11.6 Å². The Kier molecular flexibility index (Phi) is 4.40. The summed E-state index contributed by atoms with van der Waals surface area (Å²) >= 11 is 6.60. The third-order valence-electron chi connectivity index (χ3n) is 5.12. The lowest BCUT2D eigenvalue weighted by atomic mass is 9.90. The van der Waals surface area contributed by atoms with E-state index in [-0.39, 0.29) is 0 Å². The number of hydrogen-bond acceptors (Lipinski definition) is 0. The van der Waals surface area contributed by atoms with Gasteiger partial charge in [-0.15, -0.1) is 0 Å². The molecule has 1 saturated carbocycles. The largest absolute Gasteiger partial charge is 0.0837 e. The Hall–Kier alpha value is -2.05. The lowest BCUT2D eigenvalue weighted by molar-refractivity contribution is 0.723. The van der Waals surface area contributed by atoms with Crippen LogP contribution in [0.15, 0.2) is 72.8 Å². The van der Waals surface area contributed by atoms with Gasteiger partial charge in [-0.2, -0.15) is 0 Å². The van der Waals surface area contributed by atoms with Gasteiger partial charge in [0, 0.05) is 10.6 Å². The second kappa shape index (κ2) is 6.83. The lowest BCUT2D eigenvalue weighted by Gasteiger charge is -2.15. The normalized spacial score (nSPS) is 14.9. The smallest absolute Gasteiger partial charge is 0.0484 e. The molecule has 0 aromatic heterocycles. The zero-order chi connectivity index (χ0) is 16.4. The highest BCUT2D eigenvalue weighted by Crippen LogP contribution is 2.40. The maximum Gasteiger partial charge on any atom is 0.0484 e. The van der Waals surface area contributed by atoms with Crippen molar-refractivity contribution in [1.82, 2.24) is 0 Å². The van der Waals surface area contributed by atoms with Crippen LogP contribution < -0.4 is 0 Å². The molecule has 4 rings (SSSR count). The molecule has 1 fully saturated rings. The van der Waals surface area contributed by atoms with E-state index in [9.17, 15) is 0 Å². The topological polar surface area (TPSA) is 0 Å². The predicted molar refractivity (Wildman–Crippen MR) is 104 cm³/mol. The van der Waals surface area contributed by atoms with Gasteiger partial charge in [0.25, 0.3) is 0 Å². The molecule has 24 heavy (non-hydrogen) atoms. The molecule has 0 nitrogen and oxygen atoms in total. The van der Waals surface area contributed by atoms with Gasteiger partial charge in [0.15, 0.2) is 0 Å². The maximum atomic E-state index is 6.60. The first-order valence-electron chi connectivity index (χ1n) is 8.77. The van der Waals surface area contributed by atoms with Crippen molar-refractivity contribution in [3.05, 3.63) is 83.4 Å². The summed E-state index contributed by atoms with van der Waals surface area (Å²) in [5.41, 5.74) is 6.28. The number of benzene rings is 3. The minimum Gasteiger partial charge on any atom is -0.0837 e. The van der Waals surface area contributed by atoms with Crippen molar-refractivity contribution >= 4 is 11.6 Å². The number of rotatable bonds is 3. The second-order valence-corrected chi connectivity index (χ2v) is 7.04. The van der Waals surface area contributed by atoms with Gasteiger partial charge in [-0.25, -0.2) is 0 Å². The van der Waals surface area contributed by atoms with Crippen LogP contribution in [0.1, 0.15) is 37.2 Å². The van der Waals surface area contributed by atoms with Crippen molar-refractivity contribution in [2.24, 2.45) is 0 Å². The fraction of sp³-hybridized carbons (Fsp3) is 0.217. The van der Waals surface area contributed by atoms with Crippen molar-refractivity contribution in [3.63, 3.8) is 0 Å². The number of halogens is 1. The molecule has 0 saturated heterocycles. The molecule has 0 unspecified atom stereocenters. The molecule has 1 aliphatic rings. The molecule has 120 valence electrons. The average molecular weight is 333 g/mol. The highest BCUT2D eigenvalue weighted by Gasteiger charge is 2.19. The minimum atomic E-state index is 0.699. The van der Waals surface area contributed by atoms with Gasteiger partial charge < -0.3 is 0 Å². The summed E-state index contributed by atoms with van der Waals surface area (Å²) in [4.78, 5) is 0. The van der Waals surface area contributed by atoms with Gasteiger partial charge in [0.2, 0.25) is 0 Å². The fourth-order valence-electron chi connectivity index (χ4n) is 3.85. The van der Waals surface area contributed by atoms with Crippen LogP contribution in [0, 0.1) is 0 Å². The van der Waals surface area contributed by atoms with E-state index in [0.29, 0.717) is 5.92 Å². The summed E-state index contributed by atoms with van der Waals surface area (Å²) in [6, 6.07) is 25.7. The molecule has 3 aromatic rings. The molecule has 0 spiro atoms. The maximum absolute atomic E-state index is 6.60. The van der Waals surface area contributed by atoms with E-state index >= 15 is 0 Å². The van der Waals surface area contributed by atoms with E-state index in [0.717, 1.165) is 10.6 Å². The van der Waals surface area contributed by atoms with E-state index in [1.54, 1.807) is 0 Å². The Bertz CT molecular complexity index is 830. The summed E-state index contributed by atoms with van der Waals surface area (Å²) in [6.07, 6.45) is 5.31. The Morgan fingerprint density at radius 3 is 2.08 bits per heavy atom. The molecule has 0 bridgehead atoms. The summed E-state index contributed by atoms with van der Waals surface area (Å²) in [7, 11) is 0. The van der Waals surface area contributed by atoms with Gasteiger partial charge >= 0.3 is 0 Å². The summed E-state index contributed by atoms with van der Waals surface area (Å²) in [5.74, 6) is 0.699. The lowest BCUT2D eigenvalue weighted by Crippen LogP contribution is -1.94. The van der Waals surface area contributed by atoms with Gasteiger partial charge in [-0.3, -0.25) is 0 Å². The molecule has 0 heterocycles. The summed E-state index contributed by atoms with van der Waals surface area (Å²) in [5, 5.41) is 0.833. The Morgan fingerprint density at radius 1 is 0.667 bits per heavy atom. The first kappa shape index (κ1) is 15.5. The van der Waals surface area contributed by atoms with Crippen LogP contribution in [0.3, 0.4) is 0 Å². The van der Waals surface area contributed by atoms with Crippen molar-refractivity contribution in [3.8, 4) is 22.3 Å². The van der Waals surface area contributed by atoms with Crippen molar-refractivity contribution < 1.29 is 0 Å². The second-order valence-electron chi connectivity index (χ2n) is 6.63. The highest BCUT2D eigenvalue weighted by atomic mass is 35.5.